The van der Waals surface area contributed by atoms with E-state index in [1.807, 2.05) is 6.92 Å². The highest BCUT2D eigenvalue weighted by atomic mass is 79.9. The molecule has 0 radical (unpaired) electrons. The van der Waals surface area contributed by atoms with Gasteiger partial charge in [-0.2, -0.15) is 0 Å². The van der Waals surface area contributed by atoms with Crippen LogP contribution in [-0.4, -0.2) is 39.3 Å². The van der Waals surface area contributed by atoms with Gasteiger partial charge in [-0.15, -0.1) is 0 Å². The summed E-state index contributed by atoms with van der Waals surface area (Å²) in [6.07, 6.45) is 1.73. The molecule has 0 aliphatic carbocycles. The number of carbonyl (C=O) groups excluding carboxylic acids is 1. The Balaban J connectivity index is 2.85. The van der Waals surface area contributed by atoms with E-state index in [0.717, 1.165) is 4.47 Å². The highest BCUT2D eigenvalue weighted by Crippen LogP contribution is 2.15. The lowest BCUT2D eigenvalue weighted by Crippen LogP contribution is -2.43. The third-order valence-corrected chi connectivity index (χ3v) is 2.66. The summed E-state index contributed by atoms with van der Waals surface area (Å²) in [7, 11) is 0. The SMILES string of the molecule is CCn1cc(Br)cc1C(=O)NC(CO)C(=O)O. The Morgan fingerprint density at radius 2 is 2.24 bits per heavy atom. The molecule has 1 rings (SSSR count). The average molecular weight is 305 g/mol. The lowest BCUT2D eigenvalue weighted by Gasteiger charge is -2.12. The maximum Gasteiger partial charge on any atom is 0.328 e. The summed E-state index contributed by atoms with van der Waals surface area (Å²) in [4.78, 5) is 22.5. The van der Waals surface area contributed by atoms with Crippen molar-refractivity contribution >= 4 is 27.8 Å². The molecule has 6 nitrogen and oxygen atoms in total. The monoisotopic (exact) mass is 304 g/mol. The van der Waals surface area contributed by atoms with Crippen molar-refractivity contribution in [1.29, 1.82) is 0 Å². The molecule has 1 aromatic heterocycles. The van der Waals surface area contributed by atoms with E-state index in [2.05, 4.69) is 21.2 Å². The van der Waals surface area contributed by atoms with E-state index >= 15 is 0 Å². The van der Waals surface area contributed by atoms with Gasteiger partial charge in [0.25, 0.3) is 5.91 Å². The number of aliphatic hydroxyl groups is 1. The van der Waals surface area contributed by atoms with Gasteiger partial charge in [-0.1, -0.05) is 0 Å². The minimum absolute atomic E-state index is 0.346. The fourth-order valence-electron chi connectivity index (χ4n) is 1.34. The van der Waals surface area contributed by atoms with Gasteiger partial charge in [-0.05, 0) is 28.9 Å². The molecule has 0 aromatic carbocycles. The molecule has 1 heterocycles. The predicted molar refractivity (Wildman–Crippen MR) is 63.8 cm³/mol. The quantitative estimate of drug-likeness (QED) is 0.736. The van der Waals surface area contributed by atoms with Crippen molar-refractivity contribution in [3.8, 4) is 0 Å². The second-order valence-corrected chi connectivity index (χ2v) is 4.29. The summed E-state index contributed by atoms with van der Waals surface area (Å²) in [6, 6.07) is 0.302. The number of carbonyl (C=O) groups is 2. The molecule has 0 bridgehead atoms. The zero-order chi connectivity index (χ0) is 13.0. The second-order valence-electron chi connectivity index (χ2n) is 3.38. The largest absolute Gasteiger partial charge is 0.480 e. The zero-order valence-electron chi connectivity index (χ0n) is 9.18. The van der Waals surface area contributed by atoms with Crippen molar-refractivity contribution in [2.24, 2.45) is 0 Å². The van der Waals surface area contributed by atoms with Crippen LogP contribution in [0.3, 0.4) is 0 Å². The Morgan fingerprint density at radius 3 is 2.71 bits per heavy atom. The molecule has 0 spiro atoms. The molecular formula is C10H13BrN2O4. The summed E-state index contributed by atoms with van der Waals surface area (Å²) in [5.74, 6) is -1.80. The highest BCUT2D eigenvalue weighted by Gasteiger charge is 2.21. The van der Waals surface area contributed by atoms with Gasteiger partial charge in [-0.3, -0.25) is 4.79 Å². The van der Waals surface area contributed by atoms with E-state index in [0.29, 0.717) is 12.2 Å². The first-order chi connectivity index (χ1) is 7.99. The zero-order valence-corrected chi connectivity index (χ0v) is 10.8. The fraction of sp³-hybridized carbons (Fsp3) is 0.400. The number of aryl methyl sites for hydroxylation is 1. The lowest BCUT2D eigenvalue weighted by molar-refractivity contribution is -0.140. The number of nitrogens with zero attached hydrogens (tertiary/aromatic N) is 1. The normalized spacial score (nSPS) is 12.2. The molecule has 7 heteroatoms. The van der Waals surface area contributed by atoms with E-state index < -0.39 is 24.5 Å². The van der Waals surface area contributed by atoms with Gasteiger partial charge in [0, 0.05) is 17.2 Å². The third-order valence-electron chi connectivity index (χ3n) is 2.22. The number of halogens is 1. The molecule has 1 unspecified atom stereocenters. The van der Waals surface area contributed by atoms with Crippen molar-refractivity contribution in [1.82, 2.24) is 9.88 Å². The van der Waals surface area contributed by atoms with Gasteiger partial charge in [-0.25, -0.2) is 4.79 Å². The van der Waals surface area contributed by atoms with Crippen LogP contribution in [0.15, 0.2) is 16.7 Å². The Morgan fingerprint density at radius 1 is 1.59 bits per heavy atom. The maximum absolute atomic E-state index is 11.8. The average Bonchev–Trinajstić information content (AvgIpc) is 2.66. The van der Waals surface area contributed by atoms with E-state index in [1.54, 1.807) is 16.8 Å². The van der Waals surface area contributed by atoms with Crippen LogP contribution >= 0.6 is 15.9 Å². The van der Waals surface area contributed by atoms with Gasteiger partial charge < -0.3 is 20.1 Å². The number of amides is 1. The van der Waals surface area contributed by atoms with Gasteiger partial charge in [0.15, 0.2) is 6.04 Å². The van der Waals surface area contributed by atoms with E-state index in [1.165, 1.54) is 0 Å². The lowest BCUT2D eigenvalue weighted by atomic mass is 10.3. The molecule has 0 aliphatic rings. The molecule has 1 aromatic rings. The number of nitrogens with one attached hydrogen (secondary N) is 1. The highest BCUT2D eigenvalue weighted by molar-refractivity contribution is 9.10. The van der Waals surface area contributed by atoms with Crippen LogP contribution in [0, 0.1) is 0 Å². The third kappa shape index (κ3) is 3.31. The summed E-state index contributed by atoms with van der Waals surface area (Å²) in [5.41, 5.74) is 0.346. The van der Waals surface area contributed by atoms with Crippen molar-refractivity contribution < 1.29 is 19.8 Å². The molecule has 0 saturated carbocycles. The molecule has 1 amide bonds. The topological polar surface area (TPSA) is 91.6 Å². The van der Waals surface area contributed by atoms with Crippen LogP contribution in [0.25, 0.3) is 0 Å². The maximum atomic E-state index is 11.8. The summed E-state index contributed by atoms with van der Waals surface area (Å²) in [6.45, 7) is 1.81. The first-order valence-electron chi connectivity index (χ1n) is 4.99. The molecule has 0 saturated heterocycles. The predicted octanol–water partition coefficient (Wildman–Crippen LogP) is 0.446. The molecule has 94 valence electrons. The minimum atomic E-state index is -1.29. The van der Waals surface area contributed by atoms with Gasteiger partial charge in [0.2, 0.25) is 0 Å². The van der Waals surface area contributed by atoms with E-state index in [9.17, 15) is 9.59 Å². The Kier molecular flexibility index (Phi) is 4.71. The summed E-state index contributed by atoms with van der Waals surface area (Å²) >= 11 is 3.24. The first-order valence-corrected chi connectivity index (χ1v) is 5.79. The molecule has 0 fully saturated rings. The standard InChI is InChI=1S/C10H13BrN2O4/c1-2-13-4-6(11)3-8(13)9(15)12-7(5-14)10(16)17/h3-4,7,14H,2,5H2,1H3,(H,12,15)(H,16,17). The van der Waals surface area contributed by atoms with Crippen molar-refractivity contribution in [2.75, 3.05) is 6.61 Å². The van der Waals surface area contributed by atoms with Crippen molar-refractivity contribution in [3.05, 3.63) is 22.4 Å². The molecule has 1 atom stereocenters. The van der Waals surface area contributed by atoms with Crippen LogP contribution in [0.2, 0.25) is 0 Å². The van der Waals surface area contributed by atoms with Crippen LogP contribution in [-0.2, 0) is 11.3 Å². The Bertz CT molecular complexity index is 430. The first kappa shape index (κ1) is 13.7. The van der Waals surface area contributed by atoms with Gasteiger partial charge in [0.05, 0.1) is 6.61 Å². The Labute approximate surface area is 106 Å². The number of aromatic nitrogens is 1. The molecule has 17 heavy (non-hydrogen) atoms. The number of hydrogen-bond donors (Lipinski definition) is 3. The van der Waals surface area contributed by atoms with Crippen LogP contribution in [0.4, 0.5) is 0 Å². The van der Waals surface area contributed by atoms with Crippen LogP contribution in [0.1, 0.15) is 17.4 Å². The number of carboxylic acids is 1. The van der Waals surface area contributed by atoms with Crippen LogP contribution in [0.5, 0.6) is 0 Å². The fourth-order valence-corrected chi connectivity index (χ4v) is 1.81. The summed E-state index contributed by atoms with van der Waals surface area (Å²) < 4.78 is 2.41. The number of aliphatic hydroxyl groups excluding tert-OH is 1. The van der Waals surface area contributed by atoms with Crippen molar-refractivity contribution in [2.45, 2.75) is 19.5 Å². The number of aliphatic carboxylic acids is 1. The molecule has 0 aliphatic heterocycles. The van der Waals surface area contributed by atoms with Crippen LogP contribution < -0.4 is 5.32 Å². The number of rotatable bonds is 5. The Hall–Kier alpha value is -1.34. The molecular weight excluding hydrogens is 292 g/mol. The van der Waals surface area contributed by atoms with Gasteiger partial charge in [0.1, 0.15) is 5.69 Å². The van der Waals surface area contributed by atoms with E-state index in [-0.39, 0.29) is 0 Å². The molecule has 3 N–H and O–H groups in total. The summed E-state index contributed by atoms with van der Waals surface area (Å²) in [5, 5.41) is 19.8. The smallest absolute Gasteiger partial charge is 0.328 e. The number of carboxylic acid groups (broad SMARTS) is 1. The van der Waals surface area contributed by atoms with Crippen molar-refractivity contribution in [3.63, 3.8) is 0 Å². The minimum Gasteiger partial charge on any atom is -0.480 e. The van der Waals surface area contributed by atoms with Gasteiger partial charge >= 0.3 is 5.97 Å². The number of hydrogen-bond acceptors (Lipinski definition) is 3. The van der Waals surface area contributed by atoms with E-state index in [4.69, 9.17) is 10.2 Å². The second kappa shape index (κ2) is 5.83.